The van der Waals surface area contributed by atoms with E-state index in [2.05, 4.69) is 15.6 Å². The maximum absolute atomic E-state index is 12.9. The lowest BCUT2D eigenvalue weighted by Crippen LogP contribution is -2.31. The summed E-state index contributed by atoms with van der Waals surface area (Å²) in [6.45, 7) is 0.166. The number of hydrogen-bond acceptors (Lipinski definition) is 7. The zero-order valence-corrected chi connectivity index (χ0v) is 20.1. The van der Waals surface area contributed by atoms with E-state index in [0.717, 1.165) is 5.69 Å². The molecule has 4 rings (SSSR count). The first-order valence-electron chi connectivity index (χ1n) is 10.7. The molecule has 1 aromatic heterocycles. The first kappa shape index (κ1) is 24.6. The first-order chi connectivity index (χ1) is 16.9. The van der Waals surface area contributed by atoms with Gasteiger partial charge in [0.2, 0.25) is 11.8 Å². The molecule has 180 valence electrons. The van der Waals surface area contributed by atoms with Gasteiger partial charge in [-0.3, -0.25) is 24.1 Å². The number of thiazole rings is 1. The number of benzene rings is 2. The van der Waals surface area contributed by atoms with Gasteiger partial charge in [-0.2, -0.15) is 0 Å². The molecule has 0 saturated heterocycles. The van der Waals surface area contributed by atoms with Gasteiger partial charge in [0.1, 0.15) is 5.82 Å². The fraction of sp³-hybridized carbons (Fsp3) is 0.208. The van der Waals surface area contributed by atoms with E-state index >= 15 is 0 Å². The predicted molar refractivity (Wildman–Crippen MR) is 133 cm³/mol. The molecule has 2 aromatic carbocycles. The fourth-order valence-corrected chi connectivity index (χ4v) is 4.98. The minimum atomic E-state index is -0.369. The molecule has 2 heterocycles. The highest BCUT2D eigenvalue weighted by Crippen LogP contribution is 2.23. The Morgan fingerprint density at radius 1 is 0.971 bits per heavy atom. The van der Waals surface area contributed by atoms with E-state index < -0.39 is 0 Å². The molecule has 0 unspecified atom stereocenters. The van der Waals surface area contributed by atoms with Gasteiger partial charge in [0, 0.05) is 29.8 Å². The summed E-state index contributed by atoms with van der Waals surface area (Å²) in [6.07, 6.45) is 0.481. The van der Waals surface area contributed by atoms with E-state index in [9.17, 15) is 23.6 Å². The first-order valence-corrected chi connectivity index (χ1v) is 12.8. The second-order valence-corrected chi connectivity index (χ2v) is 9.49. The molecule has 4 amide bonds. The third-order valence-corrected chi connectivity index (χ3v) is 6.85. The number of anilines is 2. The lowest BCUT2D eigenvalue weighted by Gasteiger charge is -2.13. The van der Waals surface area contributed by atoms with Gasteiger partial charge in [0.15, 0.2) is 5.13 Å². The molecule has 0 fully saturated rings. The van der Waals surface area contributed by atoms with E-state index in [0.29, 0.717) is 34.1 Å². The Balaban J connectivity index is 1.15. The second-order valence-electron chi connectivity index (χ2n) is 7.65. The van der Waals surface area contributed by atoms with Crippen LogP contribution in [0.5, 0.6) is 0 Å². The van der Waals surface area contributed by atoms with E-state index in [4.69, 9.17) is 0 Å². The van der Waals surface area contributed by atoms with Crippen molar-refractivity contribution in [1.29, 1.82) is 0 Å². The number of carbonyl (C=O) groups is 4. The number of fused-ring (bicyclic) bond motifs is 1. The smallest absolute Gasteiger partial charge is 0.261 e. The Hall–Kier alpha value is -3.57. The molecule has 0 radical (unpaired) electrons. The van der Waals surface area contributed by atoms with Gasteiger partial charge in [-0.1, -0.05) is 12.1 Å². The van der Waals surface area contributed by atoms with Crippen molar-refractivity contribution < 1.29 is 23.6 Å². The summed E-state index contributed by atoms with van der Waals surface area (Å²) < 4.78 is 12.9. The predicted octanol–water partition coefficient (Wildman–Crippen LogP) is 4.17. The minimum Gasteiger partial charge on any atom is -0.325 e. The van der Waals surface area contributed by atoms with Gasteiger partial charge < -0.3 is 10.6 Å². The maximum Gasteiger partial charge on any atom is 0.261 e. The fourth-order valence-electron chi connectivity index (χ4n) is 3.43. The number of carbonyl (C=O) groups excluding carboxylic acids is 4. The molecule has 0 aliphatic carbocycles. The number of rotatable bonds is 10. The number of imide groups is 1. The van der Waals surface area contributed by atoms with Crippen molar-refractivity contribution in [2.75, 3.05) is 22.9 Å². The Morgan fingerprint density at radius 3 is 2.34 bits per heavy atom. The van der Waals surface area contributed by atoms with Crippen LogP contribution in [0.25, 0.3) is 0 Å². The van der Waals surface area contributed by atoms with Crippen molar-refractivity contribution >= 4 is 57.5 Å². The number of nitrogens with zero attached hydrogens (tertiary/aromatic N) is 2. The summed E-state index contributed by atoms with van der Waals surface area (Å²) in [5.74, 6) is -0.806. The SMILES string of the molecule is O=C(CSCc1csc(NC(=O)CCCN2C(=O)c3ccccc3C2=O)n1)Nc1ccc(F)cc1. The molecular weight excluding hydrogens is 491 g/mol. The zero-order chi connectivity index (χ0) is 24.8. The average Bonchev–Trinajstić information content (AvgIpc) is 3.38. The number of nitrogens with one attached hydrogen (secondary N) is 2. The van der Waals surface area contributed by atoms with Crippen molar-refractivity contribution in [2.45, 2.75) is 18.6 Å². The summed E-state index contributed by atoms with van der Waals surface area (Å²) in [5.41, 5.74) is 2.04. The Kier molecular flexibility index (Phi) is 7.88. The molecule has 35 heavy (non-hydrogen) atoms. The van der Waals surface area contributed by atoms with E-state index in [1.807, 2.05) is 0 Å². The summed E-state index contributed by atoms with van der Waals surface area (Å²) in [4.78, 5) is 54.5. The number of hydrogen-bond donors (Lipinski definition) is 2. The van der Waals surface area contributed by atoms with Crippen LogP contribution in [0.3, 0.4) is 0 Å². The molecule has 3 aromatic rings. The molecule has 0 spiro atoms. The van der Waals surface area contributed by atoms with Crippen LogP contribution in [0, 0.1) is 5.82 Å². The molecule has 0 saturated carbocycles. The highest BCUT2D eigenvalue weighted by molar-refractivity contribution is 7.99. The lowest BCUT2D eigenvalue weighted by molar-refractivity contribution is -0.116. The zero-order valence-electron chi connectivity index (χ0n) is 18.5. The number of aromatic nitrogens is 1. The van der Waals surface area contributed by atoms with Crippen molar-refractivity contribution in [1.82, 2.24) is 9.88 Å². The average molecular weight is 513 g/mol. The van der Waals surface area contributed by atoms with Crippen LogP contribution in [-0.2, 0) is 15.3 Å². The molecule has 1 aliphatic rings. The van der Waals surface area contributed by atoms with Gasteiger partial charge >= 0.3 is 0 Å². The monoisotopic (exact) mass is 512 g/mol. The van der Waals surface area contributed by atoms with E-state index in [-0.39, 0.29) is 48.2 Å². The van der Waals surface area contributed by atoms with Crippen LogP contribution in [0.1, 0.15) is 39.3 Å². The summed E-state index contributed by atoms with van der Waals surface area (Å²) in [6, 6.07) is 12.2. The molecule has 0 bridgehead atoms. The largest absolute Gasteiger partial charge is 0.325 e. The normalized spacial score (nSPS) is 12.5. The minimum absolute atomic E-state index is 0.140. The van der Waals surface area contributed by atoms with Crippen LogP contribution < -0.4 is 10.6 Å². The number of amides is 4. The van der Waals surface area contributed by atoms with Crippen LogP contribution in [0.2, 0.25) is 0 Å². The van der Waals surface area contributed by atoms with Crippen molar-refractivity contribution in [2.24, 2.45) is 0 Å². The van der Waals surface area contributed by atoms with Gasteiger partial charge in [0.25, 0.3) is 11.8 Å². The quantitative estimate of drug-likeness (QED) is 0.395. The Labute approximate surface area is 208 Å². The van der Waals surface area contributed by atoms with Crippen molar-refractivity contribution in [3.8, 4) is 0 Å². The summed E-state index contributed by atoms with van der Waals surface area (Å²) in [7, 11) is 0. The van der Waals surface area contributed by atoms with Gasteiger partial charge in [0.05, 0.1) is 22.6 Å². The molecule has 11 heteroatoms. The third-order valence-electron chi connectivity index (χ3n) is 5.07. The second kappa shape index (κ2) is 11.2. The molecule has 0 atom stereocenters. The van der Waals surface area contributed by atoms with Crippen LogP contribution in [-0.4, -0.2) is 45.8 Å². The number of thioether (sulfide) groups is 1. The Morgan fingerprint density at radius 2 is 1.66 bits per heavy atom. The molecule has 8 nitrogen and oxygen atoms in total. The highest BCUT2D eigenvalue weighted by atomic mass is 32.2. The van der Waals surface area contributed by atoms with E-state index in [1.165, 1.54) is 52.3 Å². The summed E-state index contributed by atoms with van der Waals surface area (Å²) in [5, 5.41) is 7.67. The highest BCUT2D eigenvalue weighted by Gasteiger charge is 2.34. The van der Waals surface area contributed by atoms with Crippen LogP contribution in [0.4, 0.5) is 15.2 Å². The Bertz CT molecular complexity index is 1230. The number of halogens is 1. The van der Waals surface area contributed by atoms with Crippen molar-refractivity contribution in [3.05, 3.63) is 76.5 Å². The van der Waals surface area contributed by atoms with Gasteiger partial charge in [-0.25, -0.2) is 9.37 Å². The van der Waals surface area contributed by atoms with Crippen LogP contribution in [0.15, 0.2) is 53.9 Å². The maximum atomic E-state index is 12.9. The van der Waals surface area contributed by atoms with E-state index in [1.54, 1.807) is 29.6 Å². The van der Waals surface area contributed by atoms with Crippen molar-refractivity contribution in [3.63, 3.8) is 0 Å². The molecule has 2 N–H and O–H groups in total. The van der Waals surface area contributed by atoms with Gasteiger partial charge in [-0.15, -0.1) is 23.1 Å². The molecular formula is C24H21FN4O4S2. The lowest BCUT2D eigenvalue weighted by atomic mass is 10.1. The summed E-state index contributed by atoms with van der Waals surface area (Å²) >= 11 is 2.65. The van der Waals surface area contributed by atoms with Gasteiger partial charge in [-0.05, 0) is 42.8 Å². The standard InChI is InChI=1S/C24H21FN4O4S2/c25-15-7-9-16(10-8-15)26-21(31)14-34-12-17-13-35-24(27-17)28-20(30)6-3-11-29-22(32)18-4-1-2-5-19(18)23(29)33/h1-2,4-5,7-10,13H,3,6,11-12,14H2,(H,26,31)(H,27,28,30). The molecule has 1 aliphatic heterocycles. The topological polar surface area (TPSA) is 108 Å². The third kappa shape index (κ3) is 6.31. The van der Waals surface area contributed by atoms with Crippen LogP contribution >= 0.6 is 23.1 Å².